The van der Waals surface area contributed by atoms with E-state index in [4.69, 9.17) is 4.42 Å². The average molecular weight is 471 g/mol. The lowest BCUT2D eigenvalue weighted by Gasteiger charge is -2.45. The first-order chi connectivity index (χ1) is 17.7. The van der Waals surface area contributed by atoms with Crippen LogP contribution >= 0.6 is 0 Å². The van der Waals surface area contributed by atoms with Crippen molar-refractivity contribution in [2.24, 2.45) is 11.8 Å². The molecule has 9 rings (SSSR count). The van der Waals surface area contributed by atoms with Crippen LogP contribution in [0.1, 0.15) is 34.1 Å². The van der Waals surface area contributed by atoms with Crippen molar-refractivity contribution in [3.63, 3.8) is 0 Å². The molecule has 2 bridgehead atoms. The van der Waals surface area contributed by atoms with Crippen LogP contribution in [0, 0.1) is 11.8 Å². The van der Waals surface area contributed by atoms with Crippen LogP contribution in [-0.4, -0.2) is 23.4 Å². The van der Waals surface area contributed by atoms with Crippen LogP contribution in [0.4, 0.5) is 5.69 Å². The first-order valence-electron chi connectivity index (χ1n) is 12.4. The van der Waals surface area contributed by atoms with Crippen LogP contribution in [0.25, 0.3) is 21.9 Å². The third kappa shape index (κ3) is 2.49. The minimum absolute atomic E-state index is 0.0821. The summed E-state index contributed by atoms with van der Waals surface area (Å²) in [6, 6.07) is 30.5. The van der Waals surface area contributed by atoms with E-state index in [2.05, 4.69) is 29.6 Å². The van der Waals surface area contributed by atoms with Crippen LogP contribution in [0.15, 0.2) is 95.4 Å². The molecule has 5 aromatic rings. The fourth-order valence-electron chi connectivity index (χ4n) is 6.90. The molecule has 174 valence electrons. The number of nitrogens with one attached hydrogen (secondary N) is 1. The fourth-order valence-corrected chi connectivity index (χ4v) is 6.90. The Labute approximate surface area is 207 Å². The van der Waals surface area contributed by atoms with Gasteiger partial charge in [-0.25, -0.2) is 0 Å². The summed E-state index contributed by atoms with van der Waals surface area (Å²) in [5.74, 6) is -1.04. The number of furan rings is 1. The molecule has 0 saturated carbocycles. The molecule has 2 heterocycles. The predicted octanol–water partition coefficient (Wildman–Crippen LogP) is 5.85. The number of likely N-dealkylation sites (tertiary alicyclic amines) is 1. The van der Waals surface area contributed by atoms with E-state index in [9.17, 15) is 9.59 Å². The van der Waals surface area contributed by atoms with Crippen LogP contribution in [0.3, 0.4) is 0 Å². The number of hydrogen-bond donors (Lipinski definition) is 1. The number of hydrogen-bond acceptors (Lipinski definition) is 4. The lowest BCUT2D eigenvalue weighted by atomic mass is 9.55. The summed E-state index contributed by atoms with van der Waals surface area (Å²) in [7, 11) is 0. The molecule has 4 aromatic carbocycles. The number of carbonyl (C=O) groups is 2. The second kappa shape index (κ2) is 7.08. The van der Waals surface area contributed by atoms with Crippen molar-refractivity contribution in [3.8, 4) is 0 Å². The normalized spacial score (nSPS) is 23.7. The van der Waals surface area contributed by atoms with Gasteiger partial charge in [0.15, 0.2) is 0 Å². The summed E-state index contributed by atoms with van der Waals surface area (Å²) in [6.07, 6.45) is 0. The van der Waals surface area contributed by atoms with Crippen molar-refractivity contribution in [2.75, 3.05) is 12.0 Å². The van der Waals surface area contributed by atoms with E-state index in [1.54, 1.807) is 0 Å². The standard InChI is InChI=1S/C31H22N2O3/c34-30-28-26-20-8-1-2-9-21(20)27(23-11-4-3-10-22(23)26)29(28)31(35)33(30)16-32-17-13-14-19-18-7-5-6-12-24(18)36-25(19)15-17/h1-15,26-29,32H,16H2. The molecule has 36 heavy (non-hydrogen) atoms. The summed E-state index contributed by atoms with van der Waals surface area (Å²) in [4.78, 5) is 28.9. The molecule has 1 N–H and O–H groups in total. The maximum absolute atomic E-state index is 13.8. The van der Waals surface area contributed by atoms with Gasteiger partial charge in [-0.3, -0.25) is 14.5 Å². The molecule has 3 aliphatic carbocycles. The Bertz CT molecular complexity index is 1620. The van der Waals surface area contributed by atoms with Gasteiger partial charge < -0.3 is 9.73 Å². The van der Waals surface area contributed by atoms with Gasteiger partial charge in [-0.2, -0.15) is 0 Å². The topological polar surface area (TPSA) is 62.6 Å². The van der Waals surface area contributed by atoms with Crippen molar-refractivity contribution in [2.45, 2.75) is 11.8 Å². The second-order valence-corrected chi connectivity index (χ2v) is 10.0. The highest BCUT2D eigenvalue weighted by Gasteiger charge is 2.61. The molecule has 2 amide bonds. The summed E-state index contributed by atoms with van der Waals surface area (Å²) < 4.78 is 6.00. The van der Waals surface area contributed by atoms with Crippen molar-refractivity contribution in [3.05, 3.63) is 113 Å². The van der Waals surface area contributed by atoms with Crippen molar-refractivity contribution in [1.82, 2.24) is 4.90 Å². The first kappa shape index (κ1) is 19.9. The van der Waals surface area contributed by atoms with Gasteiger partial charge >= 0.3 is 0 Å². The van der Waals surface area contributed by atoms with Gasteiger partial charge in [0.25, 0.3) is 0 Å². The highest BCUT2D eigenvalue weighted by Crippen LogP contribution is 2.60. The zero-order chi connectivity index (χ0) is 24.0. The number of benzene rings is 4. The molecule has 5 heteroatoms. The van der Waals surface area contributed by atoms with E-state index >= 15 is 0 Å². The van der Waals surface area contributed by atoms with E-state index in [1.807, 2.05) is 66.7 Å². The molecule has 1 saturated heterocycles. The minimum Gasteiger partial charge on any atom is -0.456 e. The maximum Gasteiger partial charge on any atom is 0.235 e. The summed E-state index contributed by atoms with van der Waals surface area (Å²) in [5, 5.41) is 5.43. The lowest BCUT2D eigenvalue weighted by molar-refractivity contribution is -0.139. The van der Waals surface area contributed by atoms with Gasteiger partial charge in [-0.1, -0.05) is 66.7 Å². The average Bonchev–Trinajstić information content (AvgIpc) is 3.41. The summed E-state index contributed by atoms with van der Waals surface area (Å²) >= 11 is 0. The fraction of sp³-hybridized carbons (Fsp3) is 0.161. The number of amides is 2. The SMILES string of the molecule is O=C1C2C3c4ccccc4C(c4ccccc43)C2C(=O)N1CNc1ccc2c(c1)oc1ccccc12. The van der Waals surface area contributed by atoms with Crippen LogP contribution in [0.2, 0.25) is 0 Å². The largest absolute Gasteiger partial charge is 0.456 e. The molecule has 1 aromatic heterocycles. The second-order valence-electron chi connectivity index (χ2n) is 10.0. The third-order valence-corrected chi connectivity index (χ3v) is 8.36. The Balaban J connectivity index is 1.13. The number of anilines is 1. The van der Waals surface area contributed by atoms with Gasteiger partial charge in [0.2, 0.25) is 11.8 Å². The molecule has 5 nitrogen and oxygen atoms in total. The van der Waals surface area contributed by atoms with Gasteiger partial charge in [-0.15, -0.1) is 0 Å². The smallest absolute Gasteiger partial charge is 0.235 e. The van der Waals surface area contributed by atoms with Crippen LogP contribution < -0.4 is 5.32 Å². The van der Waals surface area contributed by atoms with Gasteiger partial charge in [-0.05, 0) is 40.5 Å². The van der Waals surface area contributed by atoms with E-state index < -0.39 is 0 Å². The Morgan fingerprint density at radius 2 is 1.17 bits per heavy atom. The quantitative estimate of drug-likeness (QED) is 0.336. The maximum atomic E-state index is 13.8. The highest BCUT2D eigenvalue weighted by molar-refractivity contribution is 6.08. The van der Waals surface area contributed by atoms with E-state index in [1.165, 1.54) is 27.2 Å². The number of fused-ring (bicyclic) bond motifs is 3. The molecule has 0 radical (unpaired) electrons. The third-order valence-electron chi connectivity index (χ3n) is 8.36. The first-order valence-corrected chi connectivity index (χ1v) is 12.4. The molecular weight excluding hydrogens is 448 g/mol. The molecule has 0 spiro atoms. The van der Waals surface area contributed by atoms with E-state index in [0.717, 1.165) is 27.6 Å². The molecule has 2 unspecified atom stereocenters. The Kier molecular flexibility index (Phi) is 3.91. The number of carbonyl (C=O) groups excluding carboxylic acids is 2. The number of imide groups is 1. The molecule has 4 aliphatic rings. The Morgan fingerprint density at radius 3 is 1.78 bits per heavy atom. The van der Waals surface area contributed by atoms with E-state index in [-0.39, 0.29) is 42.2 Å². The summed E-state index contributed by atoms with van der Waals surface area (Å²) in [5.41, 5.74) is 7.18. The lowest BCUT2D eigenvalue weighted by Crippen LogP contribution is -2.41. The molecule has 1 fully saturated rings. The Hall–Kier alpha value is -4.38. The highest BCUT2D eigenvalue weighted by atomic mass is 16.3. The van der Waals surface area contributed by atoms with Gasteiger partial charge in [0.05, 0.1) is 18.5 Å². The van der Waals surface area contributed by atoms with Gasteiger partial charge in [0, 0.05) is 34.4 Å². The molecule has 2 atom stereocenters. The Morgan fingerprint density at radius 1 is 0.639 bits per heavy atom. The van der Waals surface area contributed by atoms with E-state index in [0.29, 0.717) is 0 Å². The van der Waals surface area contributed by atoms with Crippen molar-refractivity contribution < 1.29 is 14.0 Å². The zero-order valence-electron chi connectivity index (χ0n) is 19.3. The number of nitrogens with zero attached hydrogens (tertiary/aromatic N) is 1. The summed E-state index contributed by atoms with van der Waals surface area (Å²) in [6.45, 7) is 0.141. The van der Waals surface area contributed by atoms with Crippen molar-refractivity contribution in [1.29, 1.82) is 0 Å². The molecule has 1 aliphatic heterocycles. The monoisotopic (exact) mass is 470 g/mol. The zero-order valence-corrected chi connectivity index (χ0v) is 19.3. The van der Waals surface area contributed by atoms with Crippen LogP contribution in [0.5, 0.6) is 0 Å². The van der Waals surface area contributed by atoms with Crippen LogP contribution in [-0.2, 0) is 9.59 Å². The van der Waals surface area contributed by atoms with Crippen molar-refractivity contribution >= 4 is 39.4 Å². The minimum atomic E-state index is -0.355. The molecular formula is C31H22N2O3. The number of para-hydroxylation sites is 1. The predicted molar refractivity (Wildman–Crippen MR) is 138 cm³/mol. The van der Waals surface area contributed by atoms with Gasteiger partial charge in [0.1, 0.15) is 11.2 Å². The number of rotatable bonds is 3.